The molecule has 4 rings (SSSR count). The minimum Gasteiger partial charge on any atom is -0.480 e. The molecule has 10 nitrogen and oxygen atoms in total. The molecule has 2 aromatic heterocycles. The average Bonchev–Trinajstić information content (AvgIpc) is 3.20. The normalized spacial score (nSPS) is 14.2. The van der Waals surface area contributed by atoms with Gasteiger partial charge in [-0.1, -0.05) is 11.1 Å². The zero-order valence-corrected chi connectivity index (χ0v) is 16.8. The lowest BCUT2D eigenvalue weighted by atomic mass is 10.1. The van der Waals surface area contributed by atoms with E-state index < -0.39 is 17.9 Å². The Hall–Kier alpha value is -4.21. The lowest BCUT2D eigenvalue weighted by Crippen LogP contribution is -2.45. The number of carboxylic acid groups (broad SMARTS) is 1. The fourth-order valence-electron chi connectivity index (χ4n) is 3.10. The Morgan fingerprint density at radius 3 is 2.97 bits per heavy atom. The second-order valence-corrected chi connectivity index (χ2v) is 7.11. The first-order chi connectivity index (χ1) is 15.0. The van der Waals surface area contributed by atoms with Crippen LogP contribution >= 0.6 is 0 Å². The van der Waals surface area contributed by atoms with Crippen molar-refractivity contribution < 1.29 is 19.7 Å². The molecule has 0 saturated heterocycles. The van der Waals surface area contributed by atoms with E-state index in [-0.39, 0.29) is 6.54 Å². The highest BCUT2D eigenvalue weighted by Gasteiger charge is 2.23. The minimum atomic E-state index is -1.15. The van der Waals surface area contributed by atoms with Gasteiger partial charge in [0.25, 0.3) is 5.91 Å². The molecule has 0 spiro atoms. The summed E-state index contributed by atoms with van der Waals surface area (Å²) < 4.78 is 0. The molecule has 31 heavy (non-hydrogen) atoms. The molecule has 1 amide bonds. The molecule has 158 valence electrons. The number of nitrogens with one attached hydrogen (secondary N) is 4. The second kappa shape index (κ2) is 8.66. The molecule has 0 radical (unpaired) electrons. The number of allylic oxidation sites excluding steroid dienone is 2. The molecule has 5 N–H and O–H groups in total. The monoisotopic (exact) mass is 420 g/mol. The lowest BCUT2D eigenvalue weighted by Gasteiger charge is -2.15. The van der Waals surface area contributed by atoms with Crippen molar-refractivity contribution in [3.8, 4) is 0 Å². The molecule has 10 heteroatoms. The van der Waals surface area contributed by atoms with Crippen LogP contribution in [-0.2, 0) is 4.79 Å². The summed E-state index contributed by atoms with van der Waals surface area (Å²) >= 11 is 0. The smallest absolute Gasteiger partial charge is 0.389 e. The van der Waals surface area contributed by atoms with Crippen LogP contribution in [0.4, 0.5) is 5.95 Å². The summed E-state index contributed by atoms with van der Waals surface area (Å²) in [6.07, 6.45) is 9.24. The third kappa shape index (κ3) is 4.69. The van der Waals surface area contributed by atoms with Gasteiger partial charge in [-0.3, -0.25) is 10.1 Å². The SMILES string of the molecule is CN1C=CC(c2nc3ccc(C(=O)N[C@@H](CNc4nccc[nH+]4)C(=O)O)cc3[nH]2)=CC1. The largest absolute Gasteiger partial charge is 0.480 e. The Bertz CT molecular complexity index is 1170. The number of fused-ring (bicyclic) bond motifs is 1. The van der Waals surface area contributed by atoms with Crippen molar-refractivity contribution in [3.05, 3.63) is 66.4 Å². The Labute approximate surface area is 177 Å². The van der Waals surface area contributed by atoms with E-state index in [0.717, 1.165) is 23.5 Å². The number of rotatable bonds is 7. The first-order valence-corrected chi connectivity index (χ1v) is 9.68. The summed E-state index contributed by atoms with van der Waals surface area (Å²) in [4.78, 5) is 41.0. The van der Waals surface area contributed by atoms with Gasteiger partial charge in [-0.05, 0) is 30.5 Å². The highest BCUT2D eigenvalue weighted by Crippen LogP contribution is 2.21. The van der Waals surface area contributed by atoms with E-state index in [1.165, 1.54) is 0 Å². The van der Waals surface area contributed by atoms with E-state index in [2.05, 4.69) is 36.6 Å². The van der Waals surface area contributed by atoms with Gasteiger partial charge in [0.15, 0.2) is 6.04 Å². The van der Waals surface area contributed by atoms with Crippen molar-refractivity contribution in [2.24, 2.45) is 0 Å². The average molecular weight is 420 g/mol. The quantitative estimate of drug-likeness (QED) is 0.446. The van der Waals surface area contributed by atoms with Gasteiger partial charge in [0.05, 0.1) is 23.8 Å². The summed E-state index contributed by atoms with van der Waals surface area (Å²) in [6.45, 7) is 0.761. The van der Waals surface area contributed by atoms with Crippen molar-refractivity contribution in [1.29, 1.82) is 0 Å². The first kappa shape index (κ1) is 20.1. The van der Waals surface area contributed by atoms with Crippen LogP contribution in [0.25, 0.3) is 16.6 Å². The number of hydrogen-bond acceptors (Lipinski definition) is 6. The third-order valence-corrected chi connectivity index (χ3v) is 4.81. The van der Waals surface area contributed by atoms with Gasteiger partial charge in [0.2, 0.25) is 0 Å². The summed E-state index contributed by atoms with van der Waals surface area (Å²) in [5.41, 5.74) is 2.74. The predicted molar refractivity (Wildman–Crippen MR) is 114 cm³/mol. The van der Waals surface area contributed by atoms with Crippen molar-refractivity contribution in [2.45, 2.75) is 6.04 Å². The first-order valence-electron chi connectivity index (χ1n) is 9.68. The number of hydrogen-bond donors (Lipinski definition) is 4. The molecule has 0 bridgehead atoms. The molecule has 0 saturated carbocycles. The maximum atomic E-state index is 12.7. The maximum absolute atomic E-state index is 12.7. The number of benzene rings is 1. The highest BCUT2D eigenvalue weighted by atomic mass is 16.4. The fraction of sp³-hybridized carbons (Fsp3) is 0.190. The summed E-state index contributed by atoms with van der Waals surface area (Å²) in [5, 5.41) is 14.9. The van der Waals surface area contributed by atoms with E-state index in [4.69, 9.17) is 0 Å². The van der Waals surface area contributed by atoms with Crippen molar-refractivity contribution in [1.82, 2.24) is 25.2 Å². The van der Waals surface area contributed by atoms with Crippen LogP contribution < -0.4 is 15.6 Å². The Morgan fingerprint density at radius 1 is 1.39 bits per heavy atom. The molecule has 0 unspecified atom stereocenters. The van der Waals surface area contributed by atoms with Crippen LogP contribution in [-0.4, -0.2) is 63.0 Å². The number of nitrogens with zero attached hydrogens (tertiary/aromatic N) is 3. The van der Waals surface area contributed by atoms with Crippen LogP contribution in [0, 0.1) is 0 Å². The Balaban J connectivity index is 1.47. The Morgan fingerprint density at radius 2 is 2.26 bits per heavy atom. The molecule has 1 aromatic carbocycles. The summed E-state index contributed by atoms with van der Waals surface area (Å²) in [6, 6.07) is 5.60. The van der Waals surface area contributed by atoms with Crippen molar-refractivity contribution in [3.63, 3.8) is 0 Å². The van der Waals surface area contributed by atoms with Gasteiger partial charge in [-0.2, -0.15) is 0 Å². The molecule has 1 atom stereocenters. The van der Waals surface area contributed by atoms with E-state index in [1.54, 1.807) is 36.7 Å². The number of likely N-dealkylation sites (N-methyl/N-ethyl adjacent to an activating group) is 1. The number of aliphatic carboxylic acids is 1. The van der Waals surface area contributed by atoms with Crippen LogP contribution in [0.1, 0.15) is 16.2 Å². The molecule has 1 aliphatic rings. The van der Waals surface area contributed by atoms with Crippen LogP contribution in [0.5, 0.6) is 0 Å². The van der Waals surface area contributed by atoms with Gasteiger partial charge >= 0.3 is 11.9 Å². The molecule has 1 aliphatic heterocycles. The summed E-state index contributed by atoms with van der Waals surface area (Å²) in [5.74, 6) is -0.513. The van der Waals surface area contributed by atoms with Crippen molar-refractivity contribution in [2.75, 3.05) is 25.5 Å². The number of amides is 1. The molecular formula is C21H22N7O3+. The van der Waals surface area contributed by atoms with E-state index in [1.807, 2.05) is 24.2 Å². The third-order valence-electron chi connectivity index (χ3n) is 4.81. The second-order valence-electron chi connectivity index (χ2n) is 7.11. The minimum absolute atomic E-state index is 0.0278. The number of aromatic amines is 2. The highest BCUT2D eigenvalue weighted by molar-refractivity contribution is 5.99. The van der Waals surface area contributed by atoms with Gasteiger partial charge in [0, 0.05) is 30.8 Å². The van der Waals surface area contributed by atoms with E-state index >= 15 is 0 Å². The summed E-state index contributed by atoms with van der Waals surface area (Å²) in [7, 11) is 1.99. The maximum Gasteiger partial charge on any atom is 0.389 e. The van der Waals surface area contributed by atoms with Crippen LogP contribution in [0.3, 0.4) is 0 Å². The van der Waals surface area contributed by atoms with Gasteiger partial charge in [-0.15, -0.1) is 0 Å². The molecule has 3 aromatic rings. The number of H-pyrrole nitrogens is 2. The standard InChI is InChI=1S/C21H21N7O3/c1-28-9-5-13(6-10-28)18-25-15-4-3-14(11-16(15)26-18)19(29)27-17(20(30)31)12-24-21-22-7-2-8-23-21/h2-9,11,17H,10,12H2,1H3,(H,25,26)(H,27,29)(H,30,31)(H,22,23,24)/p+1/t17-/m0/s1. The van der Waals surface area contributed by atoms with E-state index in [9.17, 15) is 14.7 Å². The van der Waals surface area contributed by atoms with Crippen LogP contribution in [0.2, 0.25) is 0 Å². The number of carboxylic acids is 1. The number of anilines is 1. The van der Waals surface area contributed by atoms with Gasteiger partial charge < -0.3 is 20.3 Å². The number of carbonyl (C=O) groups is 2. The number of carbonyl (C=O) groups excluding carboxylic acids is 1. The molecule has 0 aliphatic carbocycles. The van der Waals surface area contributed by atoms with Gasteiger partial charge in [-0.25, -0.2) is 14.8 Å². The fourth-order valence-corrected chi connectivity index (χ4v) is 3.10. The zero-order valence-electron chi connectivity index (χ0n) is 16.8. The zero-order chi connectivity index (χ0) is 21.8. The van der Waals surface area contributed by atoms with Crippen LogP contribution in [0.15, 0.2) is 55.0 Å². The Kier molecular flexibility index (Phi) is 5.61. The predicted octanol–water partition coefficient (Wildman–Crippen LogP) is 0.910. The van der Waals surface area contributed by atoms with Gasteiger partial charge in [0.1, 0.15) is 12.0 Å². The lowest BCUT2D eigenvalue weighted by molar-refractivity contribution is -0.365. The van der Waals surface area contributed by atoms with Crippen molar-refractivity contribution >= 4 is 34.4 Å². The molecule has 0 fully saturated rings. The number of imidazole rings is 1. The topological polar surface area (TPSA) is 137 Å². The molecular weight excluding hydrogens is 398 g/mol. The number of aromatic nitrogens is 4. The van der Waals surface area contributed by atoms with E-state index in [0.29, 0.717) is 17.0 Å². The molecule has 3 heterocycles.